The predicted octanol–water partition coefficient (Wildman–Crippen LogP) is 3.69. The van der Waals surface area contributed by atoms with Gasteiger partial charge in [-0.25, -0.2) is 0 Å². The van der Waals surface area contributed by atoms with Gasteiger partial charge in [0.05, 0.1) is 7.11 Å². The fourth-order valence-corrected chi connectivity index (χ4v) is 3.37. The van der Waals surface area contributed by atoms with E-state index in [0.29, 0.717) is 5.82 Å². The molecule has 0 bridgehead atoms. The second-order valence-electron chi connectivity index (χ2n) is 4.75. The summed E-state index contributed by atoms with van der Waals surface area (Å²) in [7, 11) is 1.64. The highest BCUT2D eigenvalue weighted by atomic mass is 79.9. The van der Waals surface area contributed by atoms with E-state index in [4.69, 9.17) is 4.74 Å². The molecule has 23 heavy (non-hydrogen) atoms. The molecule has 0 amide bonds. The van der Waals surface area contributed by atoms with E-state index in [9.17, 15) is 0 Å². The average Bonchev–Trinajstić information content (AvgIpc) is 3.15. The lowest BCUT2D eigenvalue weighted by molar-refractivity contribution is 0.415. The first-order chi connectivity index (χ1) is 11.2. The molecule has 1 aromatic carbocycles. The number of aromatic nitrogens is 5. The molecule has 0 aliphatic rings. The van der Waals surface area contributed by atoms with Gasteiger partial charge in [0.25, 0.3) is 0 Å². The minimum atomic E-state index is 0.702. The zero-order valence-electron chi connectivity index (χ0n) is 12.0. The average molecular weight is 388 g/mol. The number of hydrogen-bond donors (Lipinski definition) is 0. The van der Waals surface area contributed by atoms with Crippen molar-refractivity contribution in [2.24, 2.45) is 0 Å². The summed E-state index contributed by atoms with van der Waals surface area (Å²) >= 11 is 4.90. The molecule has 114 valence electrons. The molecule has 4 rings (SSSR count). The maximum absolute atomic E-state index is 5.18. The summed E-state index contributed by atoms with van der Waals surface area (Å²) in [5, 5.41) is 13.9. The van der Waals surface area contributed by atoms with Crippen molar-refractivity contribution in [3.63, 3.8) is 0 Å². The van der Waals surface area contributed by atoms with Crippen LogP contribution in [0.15, 0.2) is 47.2 Å². The smallest absolute Gasteiger partial charge is 0.235 e. The first-order valence-corrected chi connectivity index (χ1v) is 8.33. The van der Waals surface area contributed by atoms with E-state index in [0.717, 1.165) is 31.3 Å². The highest BCUT2D eigenvalue weighted by Gasteiger charge is 2.14. The molecule has 6 nitrogen and oxygen atoms in total. The van der Waals surface area contributed by atoms with Crippen molar-refractivity contribution in [1.82, 2.24) is 24.8 Å². The van der Waals surface area contributed by atoms with Gasteiger partial charge in [0.2, 0.25) is 4.96 Å². The van der Waals surface area contributed by atoms with E-state index in [1.807, 2.05) is 30.3 Å². The Kier molecular flexibility index (Phi) is 3.55. The lowest BCUT2D eigenvalue weighted by Gasteiger charge is -2.00. The zero-order valence-corrected chi connectivity index (χ0v) is 14.4. The Labute approximate surface area is 143 Å². The van der Waals surface area contributed by atoms with E-state index in [2.05, 4.69) is 36.2 Å². The van der Waals surface area contributed by atoms with Gasteiger partial charge >= 0.3 is 0 Å². The molecule has 0 aliphatic heterocycles. The highest BCUT2D eigenvalue weighted by Crippen LogP contribution is 2.29. The molecule has 3 aromatic heterocycles. The molecule has 0 spiro atoms. The molecular formula is C15H10BrN5OS. The second-order valence-corrected chi connectivity index (χ2v) is 6.62. The molecule has 0 radical (unpaired) electrons. The van der Waals surface area contributed by atoms with Crippen LogP contribution < -0.4 is 4.74 Å². The van der Waals surface area contributed by atoms with Crippen LogP contribution in [0.4, 0.5) is 0 Å². The summed E-state index contributed by atoms with van der Waals surface area (Å²) in [5.74, 6) is 1.50. The van der Waals surface area contributed by atoms with Crippen molar-refractivity contribution in [2.45, 2.75) is 0 Å². The number of rotatable bonds is 3. The number of ether oxygens (including phenoxy) is 1. The third-order valence-electron chi connectivity index (χ3n) is 3.29. The lowest BCUT2D eigenvalue weighted by atomic mass is 10.2. The van der Waals surface area contributed by atoms with Gasteiger partial charge in [-0.05, 0) is 46.3 Å². The Hall–Kier alpha value is -2.32. The molecule has 8 heteroatoms. The molecule has 0 unspecified atom stereocenters. The third-order valence-corrected chi connectivity index (χ3v) is 4.67. The third kappa shape index (κ3) is 2.60. The first-order valence-electron chi connectivity index (χ1n) is 6.72. The van der Waals surface area contributed by atoms with Gasteiger partial charge in [0, 0.05) is 28.0 Å². The van der Waals surface area contributed by atoms with Gasteiger partial charge in [-0.15, -0.1) is 10.2 Å². The Morgan fingerprint density at radius 1 is 1.09 bits per heavy atom. The van der Waals surface area contributed by atoms with Crippen LogP contribution in [-0.2, 0) is 0 Å². The van der Waals surface area contributed by atoms with Crippen LogP contribution in [-0.4, -0.2) is 31.9 Å². The van der Waals surface area contributed by atoms with Crippen LogP contribution in [0.1, 0.15) is 0 Å². The standard InChI is InChI=1S/C15H10BrN5OS/c1-22-12-4-2-9(3-5-12)13-18-19-15-21(13)20-14(23-15)10-6-11(16)8-17-7-10/h2-8H,1H3. The Morgan fingerprint density at radius 2 is 1.91 bits per heavy atom. The fraction of sp³-hybridized carbons (Fsp3) is 0.0667. The molecule has 3 heterocycles. The number of pyridine rings is 1. The summed E-state index contributed by atoms with van der Waals surface area (Å²) in [6.07, 6.45) is 3.52. The fourth-order valence-electron chi connectivity index (χ4n) is 2.18. The Morgan fingerprint density at radius 3 is 2.65 bits per heavy atom. The minimum absolute atomic E-state index is 0.702. The van der Waals surface area contributed by atoms with Crippen molar-refractivity contribution in [2.75, 3.05) is 7.11 Å². The maximum atomic E-state index is 5.18. The molecule has 0 fully saturated rings. The molecule has 0 N–H and O–H groups in total. The summed E-state index contributed by atoms with van der Waals surface area (Å²) in [6, 6.07) is 9.64. The quantitative estimate of drug-likeness (QED) is 0.536. The van der Waals surface area contributed by atoms with E-state index in [1.165, 1.54) is 11.3 Å². The monoisotopic (exact) mass is 387 g/mol. The van der Waals surface area contributed by atoms with Gasteiger partial charge in [0.15, 0.2) is 5.82 Å². The molecular weight excluding hydrogens is 378 g/mol. The number of fused-ring (bicyclic) bond motifs is 1. The number of benzene rings is 1. The maximum Gasteiger partial charge on any atom is 0.235 e. The van der Waals surface area contributed by atoms with Gasteiger partial charge in [-0.3, -0.25) is 4.98 Å². The summed E-state index contributed by atoms with van der Waals surface area (Å²) < 4.78 is 7.85. The molecule has 0 saturated carbocycles. The summed E-state index contributed by atoms with van der Waals surface area (Å²) in [6.45, 7) is 0. The van der Waals surface area contributed by atoms with Crippen molar-refractivity contribution >= 4 is 32.2 Å². The molecule has 0 aliphatic carbocycles. The van der Waals surface area contributed by atoms with Crippen LogP contribution in [0.25, 0.3) is 26.9 Å². The zero-order chi connectivity index (χ0) is 15.8. The van der Waals surface area contributed by atoms with Gasteiger partial charge in [-0.2, -0.15) is 9.61 Å². The summed E-state index contributed by atoms with van der Waals surface area (Å²) in [5.41, 5.74) is 1.87. The Bertz CT molecular complexity index is 979. The molecule has 0 saturated heterocycles. The SMILES string of the molecule is COc1ccc(-c2nnc3sc(-c4cncc(Br)c4)nn23)cc1. The van der Waals surface area contributed by atoms with E-state index >= 15 is 0 Å². The number of methoxy groups -OCH3 is 1. The van der Waals surface area contributed by atoms with E-state index in [1.54, 1.807) is 24.0 Å². The highest BCUT2D eigenvalue weighted by molar-refractivity contribution is 9.10. The van der Waals surface area contributed by atoms with E-state index in [-0.39, 0.29) is 0 Å². The number of nitrogens with zero attached hydrogens (tertiary/aromatic N) is 5. The van der Waals surface area contributed by atoms with Crippen LogP contribution in [0.3, 0.4) is 0 Å². The van der Waals surface area contributed by atoms with Gasteiger partial charge in [0.1, 0.15) is 10.8 Å². The summed E-state index contributed by atoms with van der Waals surface area (Å²) in [4.78, 5) is 4.92. The predicted molar refractivity (Wildman–Crippen MR) is 91.6 cm³/mol. The van der Waals surface area contributed by atoms with E-state index < -0.39 is 0 Å². The van der Waals surface area contributed by atoms with Crippen molar-refractivity contribution in [1.29, 1.82) is 0 Å². The van der Waals surface area contributed by atoms with Gasteiger partial charge in [-0.1, -0.05) is 11.3 Å². The molecule has 4 aromatic rings. The van der Waals surface area contributed by atoms with Crippen LogP contribution in [0.2, 0.25) is 0 Å². The first kappa shape index (κ1) is 14.3. The lowest BCUT2D eigenvalue weighted by Crippen LogP contribution is -1.91. The minimum Gasteiger partial charge on any atom is -0.497 e. The molecule has 0 atom stereocenters. The van der Waals surface area contributed by atoms with Crippen LogP contribution in [0.5, 0.6) is 5.75 Å². The normalized spacial score (nSPS) is 11.0. The largest absolute Gasteiger partial charge is 0.497 e. The van der Waals surface area contributed by atoms with Crippen LogP contribution in [0, 0.1) is 0 Å². The number of halogens is 1. The Balaban J connectivity index is 1.80. The van der Waals surface area contributed by atoms with Crippen LogP contribution >= 0.6 is 27.3 Å². The second kappa shape index (κ2) is 5.71. The van der Waals surface area contributed by atoms with Crippen molar-refractivity contribution in [3.8, 4) is 27.7 Å². The van der Waals surface area contributed by atoms with Crippen molar-refractivity contribution < 1.29 is 4.74 Å². The van der Waals surface area contributed by atoms with Gasteiger partial charge < -0.3 is 4.74 Å². The van der Waals surface area contributed by atoms with Crippen molar-refractivity contribution in [3.05, 3.63) is 47.2 Å². The topological polar surface area (TPSA) is 65.2 Å². The number of hydrogen-bond acceptors (Lipinski definition) is 6.